The van der Waals surface area contributed by atoms with Gasteiger partial charge in [-0.05, 0) is 78.7 Å². The van der Waals surface area contributed by atoms with Crippen LogP contribution in [0.4, 0.5) is 0 Å². The van der Waals surface area contributed by atoms with Gasteiger partial charge in [0.25, 0.3) is 0 Å². The van der Waals surface area contributed by atoms with Crippen molar-refractivity contribution < 1.29 is 19.4 Å². The van der Waals surface area contributed by atoms with Gasteiger partial charge < -0.3 is 14.6 Å². The van der Waals surface area contributed by atoms with Gasteiger partial charge in [-0.25, -0.2) is 0 Å². The molecule has 27 heavy (non-hydrogen) atoms. The first-order chi connectivity index (χ1) is 13.1. The summed E-state index contributed by atoms with van der Waals surface area (Å²) in [4.78, 5) is 14.3. The predicted octanol–water partition coefficient (Wildman–Crippen LogP) is 3.87. The van der Waals surface area contributed by atoms with Crippen molar-refractivity contribution in [3.8, 4) is 5.75 Å². The quantitative estimate of drug-likeness (QED) is 0.887. The lowest BCUT2D eigenvalue weighted by Crippen LogP contribution is -2.45. The molecule has 144 valence electrons. The predicted molar refractivity (Wildman–Crippen MR) is 104 cm³/mol. The summed E-state index contributed by atoms with van der Waals surface area (Å²) in [5.74, 6) is 0.0358. The Morgan fingerprint density at radius 1 is 1.07 bits per heavy atom. The van der Waals surface area contributed by atoms with E-state index >= 15 is 0 Å². The number of piperidine rings is 1. The van der Waals surface area contributed by atoms with Gasteiger partial charge in [-0.1, -0.05) is 18.2 Å². The van der Waals surface area contributed by atoms with E-state index < -0.39 is 12.0 Å². The number of carboxylic acid groups (broad SMARTS) is 1. The summed E-state index contributed by atoms with van der Waals surface area (Å²) in [7, 11) is 1.65. The van der Waals surface area contributed by atoms with Gasteiger partial charge in [-0.2, -0.15) is 0 Å². The fourth-order valence-electron chi connectivity index (χ4n) is 4.61. The molecular weight excluding hydrogens is 342 g/mol. The summed E-state index contributed by atoms with van der Waals surface area (Å²) in [6, 6.07) is 11.2. The maximum Gasteiger partial charge on any atom is 0.325 e. The molecule has 2 fully saturated rings. The van der Waals surface area contributed by atoms with Gasteiger partial charge in [-0.15, -0.1) is 0 Å². The number of aliphatic carboxylic acids is 1. The molecule has 4 rings (SSSR count). The fraction of sp³-hybridized carbons (Fsp3) is 0.500. The van der Waals surface area contributed by atoms with Crippen molar-refractivity contribution >= 4 is 16.7 Å². The molecule has 1 N–H and O–H groups in total. The van der Waals surface area contributed by atoms with Crippen molar-refractivity contribution in [1.29, 1.82) is 0 Å². The summed E-state index contributed by atoms with van der Waals surface area (Å²) in [5, 5.41) is 12.1. The zero-order chi connectivity index (χ0) is 18.9. The highest BCUT2D eigenvalue weighted by Gasteiger charge is 2.39. The second-order valence-corrected chi connectivity index (χ2v) is 7.86. The topological polar surface area (TPSA) is 59.0 Å². The zero-order valence-electron chi connectivity index (χ0n) is 15.8. The van der Waals surface area contributed by atoms with E-state index in [4.69, 9.17) is 9.47 Å². The normalized spacial score (nSPS) is 21.2. The standard InChI is InChI=1S/C22H27NO4/c1-26-19-5-4-16-14-18(3-2-17(16)15-19)20(21(24)25)23-10-6-22(7-11-23)8-12-27-13-9-22/h2-5,14-15,20H,6-13H2,1H3,(H,24,25). The number of rotatable bonds is 4. The van der Waals surface area contributed by atoms with Crippen LogP contribution in [0.1, 0.15) is 37.3 Å². The molecule has 0 aromatic heterocycles. The molecule has 0 bridgehead atoms. The molecule has 0 amide bonds. The summed E-state index contributed by atoms with van der Waals surface area (Å²) < 4.78 is 10.8. The lowest BCUT2D eigenvalue weighted by Gasteiger charge is -2.45. The van der Waals surface area contributed by atoms with Crippen LogP contribution in [-0.4, -0.2) is 49.4 Å². The van der Waals surface area contributed by atoms with E-state index in [0.29, 0.717) is 5.41 Å². The Kier molecular flexibility index (Phi) is 5.06. The van der Waals surface area contributed by atoms with Gasteiger partial charge in [0.1, 0.15) is 11.8 Å². The van der Waals surface area contributed by atoms with Gasteiger partial charge >= 0.3 is 5.97 Å². The van der Waals surface area contributed by atoms with Crippen LogP contribution >= 0.6 is 0 Å². The molecule has 1 unspecified atom stereocenters. The number of carboxylic acids is 1. The van der Waals surface area contributed by atoms with Crippen molar-refractivity contribution in [2.24, 2.45) is 5.41 Å². The largest absolute Gasteiger partial charge is 0.497 e. The number of benzene rings is 2. The van der Waals surface area contributed by atoms with Crippen molar-refractivity contribution in [2.75, 3.05) is 33.4 Å². The number of fused-ring (bicyclic) bond motifs is 1. The molecule has 5 nitrogen and oxygen atoms in total. The van der Waals surface area contributed by atoms with Crippen molar-refractivity contribution in [3.63, 3.8) is 0 Å². The Morgan fingerprint density at radius 2 is 1.74 bits per heavy atom. The third-order valence-electron chi connectivity index (χ3n) is 6.40. The molecule has 2 aliphatic rings. The number of likely N-dealkylation sites (tertiary alicyclic amines) is 1. The molecule has 2 aromatic rings. The fourth-order valence-corrected chi connectivity index (χ4v) is 4.61. The highest BCUT2D eigenvalue weighted by molar-refractivity contribution is 5.86. The van der Waals surface area contributed by atoms with Gasteiger partial charge in [-0.3, -0.25) is 9.69 Å². The average molecular weight is 369 g/mol. The van der Waals surface area contributed by atoms with E-state index in [0.717, 1.165) is 74.1 Å². The molecular formula is C22H27NO4. The van der Waals surface area contributed by atoms with Crippen LogP contribution < -0.4 is 4.74 Å². The van der Waals surface area contributed by atoms with Gasteiger partial charge in [0.05, 0.1) is 7.11 Å². The highest BCUT2D eigenvalue weighted by atomic mass is 16.5. The second-order valence-electron chi connectivity index (χ2n) is 7.86. The minimum absolute atomic E-state index is 0.359. The lowest BCUT2D eigenvalue weighted by molar-refractivity contribution is -0.145. The minimum atomic E-state index is -0.772. The van der Waals surface area contributed by atoms with Gasteiger partial charge in [0, 0.05) is 13.2 Å². The number of hydrogen-bond donors (Lipinski definition) is 1. The smallest absolute Gasteiger partial charge is 0.325 e. The van der Waals surface area contributed by atoms with E-state index in [1.54, 1.807) is 7.11 Å². The maximum atomic E-state index is 12.1. The van der Waals surface area contributed by atoms with Crippen LogP contribution in [0.2, 0.25) is 0 Å². The van der Waals surface area contributed by atoms with Crippen LogP contribution in [0, 0.1) is 5.41 Å². The maximum absolute atomic E-state index is 12.1. The number of hydrogen-bond acceptors (Lipinski definition) is 4. The first kappa shape index (κ1) is 18.3. The molecule has 5 heteroatoms. The Hall–Kier alpha value is -2.11. The van der Waals surface area contributed by atoms with Crippen LogP contribution in [0.15, 0.2) is 36.4 Å². The third-order valence-corrected chi connectivity index (χ3v) is 6.40. The first-order valence-electron chi connectivity index (χ1n) is 9.73. The first-order valence-corrected chi connectivity index (χ1v) is 9.73. The van der Waals surface area contributed by atoms with E-state index in [9.17, 15) is 9.90 Å². The molecule has 1 spiro atoms. The van der Waals surface area contributed by atoms with Gasteiger partial charge in [0.2, 0.25) is 0 Å². The summed E-state index contributed by atoms with van der Waals surface area (Å²) in [6.07, 6.45) is 4.34. The number of ether oxygens (including phenoxy) is 2. The molecule has 2 saturated heterocycles. The number of carbonyl (C=O) groups is 1. The number of methoxy groups -OCH3 is 1. The van der Waals surface area contributed by atoms with Crippen LogP contribution in [0.3, 0.4) is 0 Å². The van der Waals surface area contributed by atoms with Crippen LogP contribution in [0.5, 0.6) is 5.75 Å². The van der Waals surface area contributed by atoms with Gasteiger partial charge in [0.15, 0.2) is 0 Å². The van der Waals surface area contributed by atoms with Crippen LogP contribution in [-0.2, 0) is 9.53 Å². The lowest BCUT2D eigenvalue weighted by atomic mass is 9.72. The van der Waals surface area contributed by atoms with Crippen molar-refractivity contribution in [3.05, 3.63) is 42.0 Å². The number of nitrogens with zero attached hydrogens (tertiary/aromatic N) is 1. The second kappa shape index (κ2) is 7.49. The molecule has 0 radical (unpaired) electrons. The van der Waals surface area contributed by atoms with E-state index in [1.807, 2.05) is 36.4 Å². The Bertz CT molecular complexity index is 818. The Balaban J connectivity index is 1.56. The molecule has 2 aromatic carbocycles. The molecule has 0 aliphatic carbocycles. The van der Waals surface area contributed by atoms with Crippen LogP contribution in [0.25, 0.3) is 10.8 Å². The minimum Gasteiger partial charge on any atom is -0.497 e. The van der Waals surface area contributed by atoms with Crippen molar-refractivity contribution in [2.45, 2.75) is 31.7 Å². The van der Waals surface area contributed by atoms with E-state index in [-0.39, 0.29) is 0 Å². The summed E-state index contributed by atoms with van der Waals surface area (Å²) in [6.45, 7) is 3.35. The average Bonchev–Trinajstić information content (AvgIpc) is 2.70. The third kappa shape index (κ3) is 3.66. The Morgan fingerprint density at radius 3 is 2.41 bits per heavy atom. The molecule has 0 saturated carbocycles. The molecule has 1 atom stereocenters. The summed E-state index contributed by atoms with van der Waals surface area (Å²) in [5.41, 5.74) is 1.21. The molecule has 2 aliphatic heterocycles. The molecule has 2 heterocycles. The Labute approximate surface area is 159 Å². The SMILES string of the molecule is COc1ccc2cc(C(C(=O)O)N3CCC4(CCOCC4)CC3)ccc2c1. The van der Waals surface area contributed by atoms with E-state index in [2.05, 4.69) is 4.90 Å². The zero-order valence-corrected chi connectivity index (χ0v) is 15.8. The summed E-state index contributed by atoms with van der Waals surface area (Å²) >= 11 is 0. The van der Waals surface area contributed by atoms with Crippen molar-refractivity contribution in [1.82, 2.24) is 4.90 Å². The monoisotopic (exact) mass is 369 g/mol. The highest BCUT2D eigenvalue weighted by Crippen LogP contribution is 2.42. The van der Waals surface area contributed by atoms with E-state index in [1.165, 1.54) is 0 Å².